The van der Waals surface area contributed by atoms with E-state index in [1.807, 2.05) is 32.0 Å². The van der Waals surface area contributed by atoms with Crippen molar-refractivity contribution in [2.45, 2.75) is 20.4 Å². The number of amides is 1. The van der Waals surface area contributed by atoms with Gasteiger partial charge in [-0.15, -0.1) is 0 Å². The highest BCUT2D eigenvalue weighted by Crippen LogP contribution is 2.19. The van der Waals surface area contributed by atoms with Crippen LogP contribution in [0.4, 0.5) is 5.69 Å². The first-order chi connectivity index (χ1) is 9.11. The molecule has 5 nitrogen and oxygen atoms in total. The summed E-state index contributed by atoms with van der Waals surface area (Å²) in [6.45, 7) is 4.47. The average Bonchev–Trinajstić information content (AvgIpc) is 2.84. The van der Waals surface area contributed by atoms with Gasteiger partial charge in [-0.2, -0.15) is 0 Å². The van der Waals surface area contributed by atoms with Crippen LogP contribution in [0.2, 0.25) is 0 Å². The van der Waals surface area contributed by atoms with Crippen molar-refractivity contribution < 1.29 is 9.21 Å². The molecule has 0 spiro atoms. The molecule has 0 bridgehead atoms. The summed E-state index contributed by atoms with van der Waals surface area (Å²) in [5, 5.41) is 5.74. The van der Waals surface area contributed by atoms with Crippen molar-refractivity contribution in [2.75, 3.05) is 12.4 Å². The summed E-state index contributed by atoms with van der Waals surface area (Å²) < 4.78 is 5.34. The lowest BCUT2D eigenvalue weighted by Gasteiger charge is -2.08. The minimum absolute atomic E-state index is 0.214. The van der Waals surface area contributed by atoms with Crippen LogP contribution in [0.3, 0.4) is 0 Å². The van der Waals surface area contributed by atoms with E-state index in [1.54, 1.807) is 7.05 Å². The maximum atomic E-state index is 12.0. The van der Waals surface area contributed by atoms with Gasteiger partial charge in [0.1, 0.15) is 0 Å². The molecule has 5 heteroatoms. The molecule has 0 aliphatic heterocycles. The van der Waals surface area contributed by atoms with Gasteiger partial charge < -0.3 is 15.1 Å². The molecule has 1 amide bonds. The van der Waals surface area contributed by atoms with E-state index in [9.17, 15) is 4.79 Å². The zero-order chi connectivity index (χ0) is 13.8. The molecule has 0 saturated heterocycles. The maximum absolute atomic E-state index is 12.0. The fourth-order valence-electron chi connectivity index (χ4n) is 1.72. The normalized spacial score (nSPS) is 10.5. The molecule has 0 unspecified atom stereocenters. The van der Waals surface area contributed by atoms with Crippen molar-refractivity contribution >= 4 is 11.6 Å². The predicted octanol–water partition coefficient (Wildman–Crippen LogP) is 2.26. The second-order valence-corrected chi connectivity index (χ2v) is 4.35. The summed E-state index contributed by atoms with van der Waals surface area (Å²) in [5.74, 6) is 0.420. The molecule has 2 rings (SSSR count). The quantitative estimate of drug-likeness (QED) is 0.883. The lowest BCUT2D eigenvalue weighted by molar-refractivity contribution is 0.0994. The van der Waals surface area contributed by atoms with E-state index in [1.165, 1.54) is 6.20 Å². The number of nitrogens with zero attached hydrogens (tertiary/aromatic N) is 1. The molecule has 0 saturated carbocycles. The van der Waals surface area contributed by atoms with Crippen molar-refractivity contribution in [3.63, 3.8) is 0 Å². The first-order valence-corrected chi connectivity index (χ1v) is 6.08. The highest BCUT2D eigenvalue weighted by molar-refractivity contribution is 6.02. The third-order valence-corrected chi connectivity index (χ3v) is 2.96. The molecule has 1 heterocycles. The maximum Gasteiger partial charge on any atom is 0.293 e. The molecule has 2 aromatic rings. The molecule has 0 atom stereocenters. The molecule has 0 fully saturated rings. The minimum Gasteiger partial charge on any atom is -0.434 e. The smallest absolute Gasteiger partial charge is 0.293 e. The fraction of sp³-hybridized carbons (Fsp3) is 0.286. The number of oxazole rings is 1. The Labute approximate surface area is 112 Å². The average molecular weight is 259 g/mol. The van der Waals surface area contributed by atoms with Gasteiger partial charge in [0.05, 0.1) is 12.7 Å². The molecular formula is C14H17N3O2. The Morgan fingerprint density at radius 3 is 2.89 bits per heavy atom. The number of carbonyl (C=O) groups excluding carboxylic acids is 1. The number of benzene rings is 1. The number of aromatic nitrogens is 1. The third kappa shape index (κ3) is 3.00. The van der Waals surface area contributed by atoms with Crippen molar-refractivity contribution in [3.8, 4) is 0 Å². The minimum atomic E-state index is -0.288. The van der Waals surface area contributed by atoms with E-state index in [2.05, 4.69) is 15.6 Å². The summed E-state index contributed by atoms with van der Waals surface area (Å²) in [5.41, 5.74) is 2.97. The van der Waals surface area contributed by atoms with Gasteiger partial charge in [-0.1, -0.05) is 12.1 Å². The second-order valence-electron chi connectivity index (χ2n) is 4.35. The SMILES string of the molecule is CNCc1ncc(C(=O)Nc2cccc(C)c2C)o1. The van der Waals surface area contributed by atoms with Crippen LogP contribution in [0.25, 0.3) is 0 Å². The van der Waals surface area contributed by atoms with E-state index in [0.717, 1.165) is 16.8 Å². The number of aryl methyl sites for hydroxylation is 1. The van der Waals surface area contributed by atoms with E-state index >= 15 is 0 Å². The van der Waals surface area contributed by atoms with Gasteiger partial charge in [0.15, 0.2) is 0 Å². The van der Waals surface area contributed by atoms with Crippen LogP contribution in [0.15, 0.2) is 28.8 Å². The number of anilines is 1. The molecular weight excluding hydrogens is 242 g/mol. The standard InChI is InChI=1S/C14H17N3O2/c1-9-5-4-6-11(10(9)2)17-14(18)12-7-16-13(19-12)8-15-3/h4-7,15H,8H2,1-3H3,(H,17,18). The molecule has 0 radical (unpaired) electrons. The van der Waals surface area contributed by atoms with E-state index in [-0.39, 0.29) is 11.7 Å². The summed E-state index contributed by atoms with van der Waals surface area (Å²) >= 11 is 0. The van der Waals surface area contributed by atoms with Gasteiger partial charge >= 0.3 is 0 Å². The first kappa shape index (κ1) is 13.3. The fourth-order valence-corrected chi connectivity index (χ4v) is 1.72. The molecule has 19 heavy (non-hydrogen) atoms. The van der Waals surface area contributed by atoms with E-state index in [0.29, 0.717) is 12.4 Å². The Bertz CT molecular complexity index is 590. The molecule has 0 aliphatic rings. The Morgan fingerprint density at radius 2 is 2.16 bits per heavy atom. The van der Waals surface area contributed by atoms with Crippen LogP contribution >= 0.6 is 0 Å². The molecule has 2 N–H and O–H groups in total. The number of carbonyl (C=O) groups is 1. The molecule has 1 aromatic heterocycles. The van der Waals surface area contributed by atoms with Gasteiger partial charge in [0.25, 0.3) is 5.91 Å². The number of nitrogens with one attached hydrogen (secondary N) is 2. The van der Waals surface area contributed by atoms with Gasteiger partial charge in [-0.25, -0.2) is 4.98 Å². The van der Waals surface area contributed by atoms with Gasteiger partial charge in [-0.3, -0.25) is 4.79 Å². The Hall–Kier alpha value is -2.14. The van der Waals surface area contributed by atoms with E-state index in [4.69, 9.17) is 4.42 Å². The molecule has 1 aromatic carbocycles. The zero-order valence-electron chi connectivity index (χ0n) is 11.3. The molecule has 0 aliphatic carbocycles. The summed E-state index contributed by atoms with van der Waals surface area (Å²) in [6, 6.07) is 5.78. The predicted molar refractivity (Wildman–Crippen MR) is 73.1 cm³/mol. The summed E-state index contributed by atoms with van der Waals surface area (Å²) in [4.78, 5) is 16.0. The van der Waals surface area contributed by atoms with Crippen molar-refractivity contribution in [2.24, 2.45) is 0 Å². The highest BCUT2D eigenvalue weighted by atomic mass is 16.4. The largest absolute Gasteiger partial charge is 0.434 e. The number of rotatable bonds is 4. The monoisotopic (exact) mass is 259 g/mol. The van der Waals surface area contributed by atoms with Crippen LogP contribution in [0.5, 0.6) is 0 Å². The van der Waals surface area contributed by atoms with Gasteiger partial charge in [-0.05, 0) is 38.1 Å². The van der Waals surface area contributed by atoms with E-state index < -0.39 is 0 Å². The molecule has 100 valence electrons. The first-order valence-electron chi connectivity index (χ1n) is 6.08. The lowest BCUT2D eigenvalue weighted by atomic mass is 10.1. The van der Waals surface area contributed by atoms with Crippen molar-refractivity contribution in [1.82, 2.24) is 10.3 Å². The number of hydrogen-bond acceptors (Lipinski definition) is 4. The third-order valence-electron chi connectivity index (χ3n) is 2.96. The topological polar surface area (TPSA) is 67.2 Å². The van der Waals surface area contributed by atoms with Gasteiger partial charge in [0.2, 0.25) is 11.7 Å². The van der Waals surface area contributed by atoms with Crippen molar-refractivity contribution in [1.29, 1.82) is 0 Å². The van der Waals surface area contributed by atoms with Crippen LogP contribution in [-0.4, -0.2) is 17.9 Å². The Kier molecular flexibility index (Phi) is 3.97. The zero-order valence-corrected chi connectivity index (χ0v) is 11.3. The second kappa shape index (κ2) is 5.67. The lowest BCUT2D eigenvalue weighted by Crippen LogP contribution is -2.12. The summed E-state index contributed by atoms with van der Waals surface area (Å²) in [7, 11) is 1.79. The Balaban J connectivity index is 2.14. The van der Waals surface area contributed by atoms with Crippen LogP contribution < -0.4 is 10.6 Å². The number of hydrogen-bond donors (Lipinski definition) is 2. The Morgan fingerprint density at radius 1 is 1.37 bits per heavy atom. The highest BCUT2D eigenvalue weighted by Gasteiger charge is 2.13. The van der Waals surface area contributed by atoms with Crippen LogP contribution in [0, 0.1) is 13.8 Å². The van der Waals surface area contributed by atoms with Gasteiger partial charge in [0, 0.05) is 5.69 Å². The van der Waals surface area contributed by atoms with Crippen molar-refractivity contribution in [3.05, 3.63) is 47.2 Å². The van der Waals surface area contributed by atoms with Crippen LogP contribution in [0.1, 0.15) is 27.6 Å². The van der Waals surface area contributed by atoms with Crippen LogP contribution in [-0.2, 0) is 6.54 Å². The summed E-state index contributed by atoms with van der Waals surface area (Å²) in [6.07, 6.45) is 1.44.